The lowest BCUT2D eigenvalue weighted by molar-refractivity contribution is -0.385. The van der Waals surface area contributed by atoms with Crippen LogP contribution in [0.2, 0.25) is 0 Å². The minimum atomic E-state index is -0.722. The van der Waals surface area contributed by atoms with Crippen molar-refractivity contribution in [1.82, 2.24) is 20.0 Å². The summed E-state index contributed by atoms with van der Waals surface area (Å²) < 4.78 is 1.10. The van der Waals surface area contributed by atoms with Crippen LogP contribution in [0.15, 0.2) is 12.4 Å². The van der Waals surface area contributed by atoms with Crippen LogP contribution in [0, 0.1) is 10.1 Å². The van der Waals surface area contributed by atoms with Gasteiger partial charge >= 0.3 is 5.69 Å². The van der Waals surface area contributed by atoms with Gasteiger partial charge in [-0.15, -0.1) is 0 Å². The molecule has 2 heterocycles. The fourth-order valence-electron chi connectivity index (χ4n) is 2.10. The van der Waals surface area contributed by atoms with Gasteiger partial charge < -0.3 is 4.90 Å². The van der Waals surface area contributed by atoms with Gasteiger partial charge in [0.15, 0.2) is 0 Å². The summed E-state index contributed by atoms with van der Waals surface area (Å²) in [6.07, 6.45) is 2.51. The second kappa shape index (κ2) is 5.69. The number of nitrogens with zero attached hydrogens (tertiary/aromatic N) is 4. The van der Waals surface area contributed by atoms with Crippen molar-refractivity contribution >= 4 is 23.4 Å². The molecule has 2 rings (SSSR count). The summed E-state index contributed by atoms with van der Waals surface area (Å²) in [7, 11) is 0. The van der Waals surface area contributed by atoms with Crippen LogP contribution in [-0.4, -0.2) is 49.9 Å². The topological polar surface area (TPSA) is 127 Å². The molecule has 112 valence electrons. The van der Waals surface area contributed by atoms with Gasteiger partial charge in [0, 0.05) is 0 Å². The van der Waals surface area contributed by atoms with Crippen LogP contribution >= 0.6 is 0 Å². The Morgan fingerprint density at radius 3 is 2.86 bits per heavy atom. The smallest absolute Gasteiger partial charge is 0.307 e. The van der Waals surface area contributed by atoms with E-state index in [-0.39, 0.29) is 18.8 Å². The number of amides is 3. The van der Waals surface area contributed by atoms with Crippen LogP contribution in [0.25, 0.3) is 0 Å². The van der Waals surface area contributed by atoms with Gasteiger partial charge in [0.1, 0.15) is 31.5 Å². The summed E-state index contributed by atoms with van der Waals surface area (Å²) in [5.41, 5.74) is -0.234. The zero-order valence-electron chi connectivity index (χ0n) is 11.2. The van der Waals surface area contributed by atoms with Gasteiger partial charge in [-0.1, -0.05) is 6.92 Å². The third-order valence-corrected chi connectivity index (χ3v) is 3.09. The number of piperazine rings is 1. The molecule has 0 radical (unpaired) electrons. The van der Waals surface area contributed by atoms with E-state index in [1.54, 1.807) is 6.92 Å². The Balaban J connectivity index is 2.11. The van der Waals surface area contributed by atoms with Gasteiger partial charge in [-0.2, -0.15) is 5.10 Å². The lowest BCUT2D eigenvalue weighted by atomic mass is 10.1. The summed E-state index contributed by atoms with van der Waals surface area (Å²) in [6.45, 7) is 1.23. The molecule has 10 nitrogen and oxygen atoms in total. The molecule has 3 amide bonds. The molecule has 1 saturated heterocycles. The average molecular weight is 295 g/mol. The van der Waals surface area contributed by atoms with E-state index in [0.717, 1.165) is 22.0 Å². The molecular weight excluding hydrogens is 282 g/mol. The zero-order chi connectivity index (χ0) is 15.6. The number of hydrogen-bond acceptors (Lipinski definition) is 6. The molecule has 1 aliphatic heterocycles. The molecule has 1 atom stereocenters. The number of rotatable bonds is 4. The largest absolute Gasteiger partial charge is 0.320 e. The van der Waals surface area contributed by atoms with Crippen LogP contribution < -0.4 is 5.32 Å². The Hall–Kier alpha value is -2.78. The lowest BCUT2D eigenvalue weighted by Gasteiger charge is -2.33. The third-order valence-electron chi connectivity index (χ3n) is 3.09. The molecule has 0 saturated carbocycles. The zero-order valence-corrected chi connectivity index (χ0v) is 11.2. The van der Waals surface area contributed by atoms with E-state index in [4.69, 9.17) is 0 Å². The number of nitrogens with one attached hydrogen (secondary N) is 1. The van der Waals surface area contributed by atoms with E-state index in [2.05, 4.69) is 10.4 Å². The lowest BCUT2D eigenvalue weighted by Crippen LogP contribution is -2.60. The first-order chi connectivity index (χ1) is 9.92. The standard InChI is InChI=1S/C11H13N5O5/c1-2-8-11(19)13-9(17)5-15(8)10(18)6-14-4-7(3-12-14)16(20)21/h3-4,8H,2,5-6H2,1H3,(H,13,17,19). The highest BCUT2D eigenvalue weighted by Crippen LogP contribution is 2.12. The minimum absolute atomic E-state index is 0.216. The third kappa shape index (κ3) is 3.04. The van der Waals surface area contributed by atoms with Crippen molar-refractivity contribution in [3.63, 3.8) is 0 Å². The van der Waals surface area contributed by atoms with Crippen molar-refractivity contribution in [2.45, 2.75) is 25.9 Å². The van der Waals surface area contributed by atoms with E-state index in [0.29, 0.717) is 6.42 Å². The Labute approximate surface area is 118 Å². The fourth-order valence-corrected chi connectivity index (χ4v) is 2.10. The highest BCUT2D eigenvalue weighted by atomic mass is 16.6. The SMILES string of the molecule is CCC1C(=O)NC(=O)CN1C(=O)Cn1cc([N+](=O)[O-])cn1. The second-order valence-electron chi connectivity index (χ2n) is 4.51. The molecule has 1 unspecified atom stereocenters. The van der Waals surface area contributed by atoms with E-state index in [1.807, 2.05) is 0 Å². The van der Waals surface area contributed by atoms with Crippen LogP contribution in [0.4, 0.5) is 5.69 Å². The molecule has 0 aliphatic carbocycles. The minimum Gasteiger partial charge on any atom is -0.320 e. The molecule has 1 fully saturated rings. The molecule has 1 aromatic heterocycles. The van der Waals surface area contributed by atoms with E-state index in [1.165, 1.54) is 0 Å². The van der Waals surface area contributed by atoms with Crippen molar-refractivity contribution in [1.29, 1.82) is 0 Å². The Kier molecular flexibility index (Phi) is 3.96. The normalized spacial score (nSPS) is 18.5. The van der Waals surface area contributed by atoms with Crippen molar-refractivity contribution in [2.24, 2.45) is 0 Å². The maximum absolute atomic E-state index is 12.2. The number of imide groups is 1. The molecule has 10 heteroatoms. The molecule has 0 spiro atoms. The maximum atomic E-state index is 12.2. The molecule has 21 heavy (non-hydrogen) atoms. The van der Waals surface area contributed by atoms with Gasteiger partial charge in [0.2, 0.25) is 17.7 Å². The predicted molar refractivity (Wildman–Crippen MR) is 67.8 cm³/mol. The number of aromatic nitrogens is 2. The monoisotopic (exact) mass is 295 g/mol. The first-order valence-electron chi connectivity index (χ1n) is 6.22. The number of nitro groups is 1. The number of carbonyl (C=O) groups is 3. The summed E-state index contributed by atoms with van der Waals surface area (Å²) in [4.78, 5) is 46.3. The molecular formula is C11H13N5O5. The summed E-state index contributed by atoms with van der Waals surface area (Å²) in [6, 6.07) is -0.722. The molecule has 1 N–H and O–H groups in total. The molecule has 1 aliphatic rings. The van der Waals surface area contributed by atoms with Gasteiger partial charge in [-0.05, 0) is 6.42 Å². The highest BCUT2D eigenvalue weighted by molar-refractivity contribution is 6.04. The first kappa shape index (κ1) is 14.6. The Morgan fingerprint density at radius 2 is 2.29 bits per heavy atom. The Bertz CT molecular complexity index is 610. The number of carbonyl (C=O) groups excluding carboxylic acids is 3. The van der Waals surface area contributed by atoms with Crippen LogP contribution in [-0.2, 0) is 20.9 Å². The van der Waals surface area contributed by atoms with Crippen molar-refractivity contribution in [3.8, 4) is 0 Å². The summed E-state index contributed by atoms with van der Waals surface area (Å²) in [5, 5.41) is 16.4. The maximum Gasteiger partial charge on any atom is 0.307 e. The van der Waals surface area contributed by atoms with E-state index >= 15 is 0 Å². The first-order valence-corrected chi connectivity index (χ1v) is 6.22. The molecule has 0 bridgehead atoms. The highest BCUT2D eigenvalue weighted by Gasteiger charge is 2.35. The van der Waals surface area contributed by atoms with Crippen LogP contribution in [0.3, 0.4) is 0 Å². The van der Waals surface area contributed by atoms with Gasteiger partial charge in [0.05, 0.1) is 4.92 Å². The van der Waals surface area contributed by atoms with Gasteiger partial charge in [-0.3, -0.25) is 34.5 Å². The number of hydrogen-bond donors (Lipinski definition) is 1. The van der Waals surface area contributed by atoms with Crippen LogP contribution in [0.5, 0.6) is 0 Å². The predicted octanol–water partition coefficient (Wildman–Crippen LogP) is -0.945. The van der Waals surface area contributed by atoms with Crippen molar-refractivity contribution in [2.75, 3.05) is 6.54 Å². The van der Waals surface area contributed by atoms with Crippen LogP contribution in [0.1, 0.15) is 13.3 Å². The molecule has 1 aromatic rings. The van der Waals surface area contributed by atoms with E-state index < -0.39 is 28.7 Å². The summed E-state index contributed by atoms with van der Waals surface area (Å²) >= 11 is 0. The van der Waals surface area contributed by atoms with Crippen molar-refractivity contribution in [3.05, 3.63) is 22.5 Å². The van der Waals surface area contributed by atoms with Gasteiger partial charge in [0.25, 0.3) is 0 Å². The molecule has 0 aromatic carbocycles. The van der Waals surface area contributed by atoms with E-state index in [9.17, 15) is 24.5 Å². The fraction of sp³-hybridized carbons (Fsp3) is 0.455. The Morgan fingerprint density at radius 1 is 1.57 bits per heavy atom. The second-order valence-corrected chi connectivity index (χ2v) is 4.51. The summed E-state index contributed by atoms with van der Waals surface area (Å²) in [5.74, 6) is -1.57. The average Bonchev–Trinajstić information content (AvgIpc) is 2.86. The quantitative estimate of drug-likeness (QED) is 0.433. The van der Waals surface area contributed by atoms with Gasteiger partial charge in [-0.25, -0.2) is 0 Å². The van der Waals surface area contributed by atoms with Crippen molar-refractivity contribution < 1.29 is 19.3 Å².